The number of benzene rings is 1. The standard InChI is InChI=1S/C17H21NO4S/c1-21-15-4-3-12(9-16(15)22-2)10-17(20)18-7-5-14(19)13-6-8-23-11-13/h3-4,6,8-9,11,14,19H,5,7,10H2,1-2H3,(H,18,20)/t14-/m1/s1. The van der Waals surface area contributed by atoms with Gasteiger partial charge in [-0.1, -0.05) is 6.07 Å². The largest absolute Gasteiger partial charge is 0.493 e. The lowest BCUT2D eigenvalue weighted by atomic mass is 10.1. The molecule has 6 heteroatoms. The molecule has 0 aliphatic carbocycles. The van der Waals surface area contributed by atoms with E-state index in [9.17, 15) is 9.90 Å². The van der Waals surface area contributed by atoms with Crippen molar-refractivity contribution in [3.8, 4) is 11.5 Å². The summed E-state index contributed by atoms with van der Waals surface area (Å²) in [4.78, 5) is 12.0. The number of aliphatic hydroxyl groups excluding tert-OH is 1. The molecule has 1 atom stereocenters. The van der Waals surface area contributed by atoms with Crippen LogP contribution in [0.5, 0.6) is 11.5 Å². The van der Waals surface area contributed by atoms with Crippen LogP contribution in [0.4, 0.5) is 0 Å². The third kappa shape index (κ3) is 4.97. The van der Waals surface area contributed by atoms with Gasteiger partial charge < -0.3 is 19.9 Å². The zero-order valence-electron chi connectivity index (χ0n) is 13.2. The van der Waals surface area contributed by atoms with Crippen LogP contribution in [0.2, 0.25) is 0 Å². The van der Waals surface area contributed by atoms with E-state index in [0.717, 1.165) is 11.1 Å². The predicted molar refractivity (Wildman–Crippen MR) is 90.2 cm³/mol. The SMILES string of the molecule is COc1ccc(CC(=O)NCC[C@@H](O)c2ccsc2)cc1OC. The summed E-state index contributed by atoms with van der Waals surface area (Å²) in [5.41, 5.74) is 1.74. The average Bonchev–Trinajstić information content (AvgIpc) is 3.09. The highest BCUT2D eigenvalue weighted by Crippen LogP contribution is 2.27. The quantitative estimate of drug-likeness (QED) is 0.778. The van der Waals surface area contributed by atoms with Gasteiger partial charge in [0, 0.05) is 6.54 Å². The molecule has 1 aromatic heterocycles. The zero-order chi connectivity index (χ0) is 16.7. The van der Waals surface area contributed by atoms with Crippen molar-refractivity contribution in [1.29, 1.82) is 0 Å². The number of aliphatic hydroxyl groups is 1. The monoisotopic (exact) mass is 335 g/mol. The molecule has 23 heavy (non-hydrogen) atoms. The third-order valence-corrected chi connectivity index (χ3v) is 4.18. The van der Waals surface area contributed by atoms with Crippen molar-refractivity contribution in [1.82, 2.24) is 5.32 Å². The Balaban J connectivity index is 1.80. The molecule has 0 fully saturated rings. The lowest BCUT2D eigenvalue weighted by molar-refractivity contribution is -0.120. The van der Waals surface area contributed by atoms with Crippen molar-refractivity contribution in [2.24, 2.45) is 0 Å². The second kappa shape index (κ2) is 8.55. The van der Waals surface area contributed by atoms with Gasteiger partial charge in [0.25, 0.3) is 0 Å². The molecule has 0 unspecified atom stereocenters. The molecule has 5 nitrogen and oxygen atoms in total. The summed E-state index contributed by atoms with van der Waals surface area (Å²) in [5, 5.41) is 16.6. The summed E-state index contributed by atoms with van der Waals surface area (Å²) in [7, 11) is 3.14. The van der Waals surface area contributed by atoms with Crippen LogP contribution in [0.3, 0.4) is 0 Å². The number of nitrogens with one attached hydrogen (secondary N) is 1. The van der Waals surface area contributed by atoms with Crippen LogP contribution in [0.1, 0.15) is 23.7 Å². The number of methoxy groups -OCH3 is 2. The maximum absolute atomic E-state index is 12.0. The Morgan fingerprint density at radius 1 is 1.26 bits per heavy atom. The number of thiophene rings is 1. The zero-order valence-corrected chi connectivity index (χ0v) is 14.1. The van der Waals surface area contributed by atoms with Gasteiger partial charge >= 0.3 is 0 Å². The first kappa shape index (κ1) is 17.3. The van der Waals surface area contributed by atoms with Crippen LogP contribution in [0.25, 0.3) is 0 Å². The smallest absolute Gasteiger partial charge is 0.224 e. The van der Waals surface area contributed by atoms with E-state index in [4.69, 9.17) is 9.47 Å². The van der Waals surface area contributed by atoms with E-state index in [2.05, 4.69) is 5.32 Å². The highest BCUT2D eigenvalue weighted by molar-refractivity contribution is 7.07. The Hall–Kier alpha value is -2.05. The number of ether oxygens (including phenoxy) is 2. The van der Waals surface area contributed by atoms with E-state index in [0.29, 0.717) is 24.5 Å². The maximum atomic E-state index is 12.0. The Labute approximate surface area is 139 Å². The van der Waals surface area contributed by atoms with Gasteiger partial charge in [-0.15, -0.1) is 0 Å². The predicted octanol–water partition coefficient (Wildman–Crippen LogP) is 2.55. The molecular formula is C17H21NO4S. The number of rotatable bonds is 8. The number of amides is 1. The molecule has 1 aromatic carbocycles. The van der Waals surface area contributed by atoms with Gasteiger partial charge in [-0.05, 0) is 46.5 Å². The van der Waals surface area contributed by atoms with Crippen molar-refractivity contribution >= 4 is 17.2 Å². The summed E-state index contributed by atoms with van der Waals surface area (Å²) in [5.74, 6) is 1.15. The minimum atomic E-state index is -0.539. The Bertz CT molecular complexity index is 628. The second-order valence-corrected chi connectivity index (χ2v) is 5.86. The van der Waals surface area contributed by atoms with Crippen LogP contribution >= 0.6 is 11.3 Å². The van der Waals surface area contributed by atoms with E-state index >= 15 is 0 Å². The molecule has 0 aliphatic heterocycles. The highest BCUT2D eigenvalue weighted by atomic mass is 32.1. The van der Waals surface area contributed by atoms with E-state index in [1.807, 2.05) is 22.9 Å². The van der Waals surface area contributed by atoms with Gasteiger partial charge in [0.2, 0.25) is 5.91 Å². The fourth-order valence-electron chi connectivity index (χ4n) is 2.22. The van der Waals surface area contributed by atoms with E-state index in [-0.39, 0.29) is 12.3 Å². The molecule has 0 spiro atoms. The van der Waals surface area contributed by atoms with Crippen LogP contribution in [-0.4, -0.2) is 31.8 Å². The maximum Gasteiger partial charge on any atom is 0.224 e. The van der Waals surface area contributed by atoms with Gasteiger partial charge in [-0.25, -0.2) is 0 Å². The molecule has 0 radical (unpaired) electrons. The molecule has 0 saturated heterocycles. The Kier molecular flexibility index (Phi) is 6.43. The van der Waals surface area contributed by atoms with Gasteiger partial charge in [0.1, 0.15) is 0 Å². The Morgan fingerprint density at radius 2 is 2.04 bits per heavy atom. The summed E-state index contributed by atoms with van der Waals surface area (Å²) in [6, 6.07) is 7.29. The summed E-state index contributed by atoms with van der Waals surface area (Å²) in [6.45, 7) is 0.434. The first-order valence-corrected chi connectivity index (χ1v) is 8.26. The molecule has 2 rings (SSSR count). The minimum absolute atomic E-state index is 0.0882. The first-order chi connectivity index (χ1) is 11.1. The van der Waals surface area contributed by atoms with Crippen LogP contribution in [0, 0.1) is 0 Å². The van der Waals surface area contributed by atoms with Crippen molar-refractivity contribution in [3.63, 3.8) is 0 Å². The summed E-state index contributed by atoms with van der Waals surface area (Å²) >= 11 is 1.55. The van der Waals surface area contributed by atoms with Crippen LogP contribution < -0.4 is 14.8 Å². The van der Waals surface area contributed by atoms with Gasteiger partial charge in [0.15, 0.2) is 11.5 Å². The van der Waals surface area contributed by atoms with Crippen molar-refractivity contribution < 1.29 is 19.4 Å². The lowest BCUT2D eigenvalue weighted by Gasteiger charge is -2.11. The molecule has 1 heterocycles. The molecular weight excluding hydrogens is 314 g/mol. The number of carbonyl (C=O) groups excluding carboxylic acids is 1. The fraction of sp³-hybridized carbons (Fsp3) is 0.353. The third-order valence-electron chi connectivity index (χ3n) is 3.48. The van der Waals surface area contributed by atoms with E-state index in [1.165, 1.54) is 0 Å². The number of hydrogen-bond acceptors (Lipinski definition) is 5. The second-order valence-electron chi connectivity index (χ2n) is 5.08. The van der Waals surface area contributed by atoms with Gasteiger partial charge in [-0.2, -0.15) is 11.3 Å². The lowest BCUT2D eigenvalue weighted by Crippen LogP contribution is -2.27. The van der Waals surface area contributed by atoms with Crippen molar-refractivity contribution in [2.45, 2.75) is 18.9 Å². The fourth-order valence-corrected chi connectivity index (χ4v) is 2.93. The minimum Gasteiger partial charge on any atom is -0.493 e. The highest BCUT2D eigenvalue weighted by Gasteiger charge is 2.10. The molecule has 0 bridgehead atoms. The number of carbonyl (C=O) groups is 1. The average molecular weight is 335 g/mol. The summed E-state index contributed by atoms with van der Waals surface area (Å²) in [6.07, 6.45) is 0.214. The molecule has 1 amide bonds. The van der Waals surface area contributed by atoms with Crippen molar-refractivity contribution in [3.05, 3.63) is 46.2 Å². The van der Waals surface area contributed by atoms with Gasteiger partial charge in [0.05, 0.1) is 26.7 Å². The molecule has 0 aliphatic rings. The number of hydrogen-bond donors (Lipinski definition) is 2. The molecule has 2 N–H and O–H groups in total. The topological polar surface area (TPSA) is 67.8 Å². The first-order valence-electron chi connectivity index (χ1n) is 7.31. The van der Waals surface area contributed by atoms with Crippen LogP contribution in [-0.2, 0) is 11.2 Å². The van der Waals surface area contributed by atoms with E-state index in [1.54, 1.807) is 37.7 Å². The normalized spacial score (nSPS) is 11.8. The van der Waals surface area contributed by atoms with E-state index < -0.39 is 6.10 Å². The molecule has 2 aromatic rings. The Morgan fingerprint density at radius 3 is 2.70 bits per heavy atom. The van der Waals surface area contributed by atoms with Crippen LogP contribution in [0.15, 0.2) is 35.0 Å². The van der Waals surface area contributed by atoms with Gasteiger partial charge in [-0.3, -0.25) is 4.79 Å². The van der Waals surface area contributed by atoms with Crippen molar-refractivity contribution in [2.75, 3.05) is 20.8 Å². The molecule has 124 valence electrons. The summed E-state index contributed by atoms with van der Waals surface area (Å²) < 4.78 is 10.4. The molecule has 0 saturated carbocycles.